The van der Waals surface area contributed by atoms with Crippen LogP contribution in [0.25, 0.3) is 0 Å². The lowest BCUT2D eigenvalue weighted by molar-refractivity contribution is -0.123. The standard InChI is InChI=1S/C22H25N3O5S/c1-2-25(17-8-4-3-5-9-17)22(27)16-7-6-12-24(14-16)31(28,29)18-10-11-20-19(13-18)23-21(26)15-30-20/h3-5,8-11,13,16H,2,6-7,12,14-15H2,1H3,(H,23,26). The van der Waals surface area contributed by atoms with Crippen LogP contribution in [0, 0.1) is 5.92 Å². The van der Waals surface area contributed by atoms with Crippen LogP contribution < -0.4 is 15.0 Å². The summed E-state index contributed by atoms with van der Waals surface area (Å²) in [6, 6.07) is 13.8. The number of rotatable bonds is 5. The molecule has 2 aromatic carbocycles. The van der Waals surface area contributed by atoms with E-state index in [9.17, 15) is 18.0 Å². The van der Waals surface area contributed by atoms with Crippen LogP contribution in [0.4, 0.5) is 11.4 Å². The molecule has 1 atom stereocenters. The zero-order chi connectivity index (χ0) is 22.0. The molecule has 1 fully saturated rings. The van der Waals surface area contributed by atoms with Crippen molar-refractivity contribution in [2.24, 2.45) is 5.92 Å². The largest absolute Gasteiger partial charge is 0.482 e. The number of amides is 2. The number of para-hydroxylation sites is 1. The number of carbonyl (C=O) groups excluding carboxylic acids is 2. The highest BCUT2D eigenvalue weighted by atomic mass is 32.2. The van der Waals surface area contributed by atoms with E-state index in [0.29, 0.717) is 37.4 Å². The van der Waals surface area contributed by atoms with E-state index >= 15 is 0 Å². The highest BCUT2D eigenvalue weighted by Crippen LogP contribution is 2.33. The molecule has 9 heteroatoms. The molecule has 1 unspecified atom stereocenters. The van der Waals surface area contributed by atoms with E-state index in [1.165, 1.54) is 16.4 Å². The molecule has 0 aromatic heterocycles. The molecule has 31 heavy (non-hydrogen) atoms. The van der Waals surface area contributed by atoms with Crippen LogP contribution in [-0.4, -0.2) is 50.8 Å². The summed E-state index contributed by atoms with van der Waals surface area (Å²) in [5.74, 6) is -0.373. The molecule has 4 rings (SSSR count). The van der Waals surface area contributed by atoms with Crippen LogP contribution in [0.15, 0.2) is 53.4 Å². The molecule has 2 aromatic rings. The molecule has 1 N–H and O–H groups in total. The molecule has 2 aliphatic rings. The van der Waals surface area contributed by atoms with Gasteiger partial charge in [0, 0.05) is 25.3 Å². The summed E-state index contributed by atoms with van der Waals surface area (Å²) in [5, 5.41) is 2.64. The molecule has 0 saturated carbocycles. The first-order valence-corrected chi connectivity index (χ1v) is 11.8. The van der Waals surface area contributed by atoms with Crippen LogP contribution in [0.2, 0.25) is 0 Å². The van der Waals surface area contributed by atoms with Crippen molar-refractivity contribution in [2.45, 2.75) is 24.7 Å². The zero-order valence-corrected chi connectivity index (χ0v) is 18.1. The average Bonchev–Trinajstić information content (AvgIpc) is 2.79. The number of hydrogen-bond donors (Lipinski definition) is 1. The maximum absolute atomic E-state index is 13.3. The first kappa shape index (κ1) is 21.3. The molecular formula is C22H25N3O5S. The summed E-state index contributed by atoms with van der Waals surface area (Å²) in [7, 11) is -3.82. The van der Waals surface area contributed by atoms with E-state index in [1.807, 2.05) is 37.3 Å². The number of nitrogens with one attached hydrogen (secondary N) is 1. The number of ether oxygens (including phenoxy) is 1. The smallest absolute Gasteiger partial charge is 0.262 e. The van der Waals surface area contributed by atoms with E-state index < -0.39 is 15.9 Å². The Kier molecular flexibility index (Phi) is 5.97. The summed E-state index contributed by atoms with van der Waals surface area (Å²) in [6.07, 6.45) is 1.25. The average molecular weight is 444 g/mol. The van der Waals surface area contributed by atoms with E-state index in [1.54, 1.807) is 11.0 Å². The van der Waals surface area contributed by atoms with Gasteiger partial charge in [-0.1, -0.05) is 18.2 Å². The van der Waals surface area contributed by atoms with Crippen molar-refractivity contribution in [3.63, 3.8) is 0 Å². The molecule has 2 heterocycles. The fourth-order valence-corrected chi connectivity index (χ4v) is 5.58. The quantitative estimate of drug-likeness (QED) is 0.766. The minimum atomic E-state index is -3.82. The predicted octanol–water partition coefficient (Wildman–Crippen LogP) is 2.47. The fraction of sp³-hybridized carbons (Fsp3) is 0.364. The first-order chi connectivity index (χ1) is 14.9. The fourth-order valence-electron chi connectivity index (χ4n) is 4.03. The molecule has 0 bridgehead atoms. The summed E-state index contributed by atoms with van der Waals surface area (Å²) >= 11 is 0. The molecule has 2 aliphatic heterocycles. The van der Waals surface area contributed by atoms with Crippen molar-refractivity contribution >= 4 is 33.2 Å². The third kappa shape index (κ3) is 4.28. The summed E-state index contributed by atoms with van der Waals surface area (Å²) < 4.78 is 33.2. The summed E-state index contributed by atoms with van der Waals surface area (Å²) in [5.41, 5.74) is 1.14. The molecule has 2 amide bonds. The van der Waals surface area contributed by atoms with Crippen molar-refractivity contribution in [3.8, 4) is 5.75 Å². The van der Waals surface area contributed by atoms with E-state index in [-0.39, 0.29) is 29.9 Å². The van der Waals surface area contributed by atoms with Gasteiger partial charge in [-0.25, -0.2) is 8.42 Å². The van der Waals surface area contributed by atoms with Crippen molar-refractivity contribution < 1.29 is 22.7 Å². The van der Waals surface area contributed by atoms with Crippen molar-refractivity contribution in [3.05, 3.63) is 48.5 Å². The van der Waals surface area contributed by atoms with Crippen LogP contribution in [-0.2, 0) is 19.6 Å². The Labute approximate surface area is 181 Å². The third-order valence-corrected chi connectivity index (χ3v) is 7.47. The topological polar surface area (TPSA) is 96.0 Å². The Hall–Kier alpha value is -2.91. The van der Waals surface area contributed by atoms with Crippen LogP contribution in [0.1, 0.15) is 19.8 Å². The monoisotopic (exact) mass is 443 g/mol. The van der Waals surface area contributed by atoms with E-state index in [2.05, 4.69) is 5.32 Å². The first-order valence-electron chi connectivity index (χ1n) is 10.3. The van der Waals surface area contributed by atoms with Gasteiger partial charge < -0.3 is 15.0 Å². The Morgan fingerprint density at radius 1 is 1.23 bits per heavy atom. The lowest BCUT2D eigenvalue weighted by atomic mass is 9.97. The zero-order valence-electron chi connectivity index (χ0n) is 17.3. The van der Waals surface area contributed by atoms with Gasteiger partial charge in [-0.05, 0) is 50.1 Å². The number of anilines is 2. The molecule has 0 aliphatic carbocycles. The Balaban J connectivity index is 1.54. The highest BCUT2D eigenvalue weighted by molar-refractivity contribution is 7.89. The van der Waals surface area contributed by atoms with E-state index in [0.717, 1.165) is 5.69 Å². The number of benzene rings is 2. The van der Waals surface area contributed by atoms with Gasteiger partial charge in [-0.3, -0.25) is 9.59 Å². The second-order valence-corrected chi connectivity index (χ2v) is 9.55. The van der Waals surface area contributed by atoms with E-state index in [4.69, 9.17) is 4.74 Å². The van der Waals surface area contributed by atoms with Crippen molar-refractivity contribution in [2.75, 3.05) is 36.5 Å². The van der Waals surface area contributed by atoms with Gasteiger partial charge in [0.05, 0.1) is 16.5 Å². The Morgan fingerprint density at radius 2 is 2.00 bits per heavy atom. The lowest BCUT2D eigenvalue weighted by Gasteiger charge is -2.34. The minimum Gasteiger partial charge on any atom is -0.482 e. The van der Waals surface area contributed by atoms with Gasteiger partial charge in [0.15, 0.2) is 6.61 Å². The SMILES string of the molecule is CCN(C(=O)C1CCCN(S(=O)(=O)c2ccc3c(c2)NC(=O)CO3)C1)c1ccccc1. The van der Waals surface area contributed by atoms with Gasteiger partial charge in [0.25, 0.3) is 5.91 Å². The van der Waals surface area contributed by atoms with Gasteiger partial charge in [0.2, 0.25) is 15.9 Å². The van der Waals surface area contributed by atoms with Crippen LogP contribution in [0.3, 0.4) is 0 Å². The second-order valence-electron chi connectivity index (χ2n) is 7.62. The molecule has 0 radical (unpaired) electrons. The van der Waals surface area contributed by atoms with Gasteiger partial charge in [-0.15, -0.1) is 0 Å². The number of piperidine rings is 1. The number of carbonyl (C=O) groups is 2. The maximum Gasteiger partial charge on any atom is 0.262 e. The number of hydrogen-bond acceptors (Lipinski definition) is 5. The second kappa shape index (κ2) is 8.68. The Bertz CT molecular complexity index is 1090. The number of sulfonamides is 1. The van der Waals surface area contributed by atoms with Crippen LogP contribution in [0.5, 0.6) is 5.75 Å². The molecule has 8 nitrogen and oxygen atoms in total. The lowest BCUT2D eigenvalue weighted by Crippen LogP contribution is -2.46. The third-order valence-electron chi connectivity index (χ3n) is 5.61. The summed E-state index contributed by atoms with van der Waals surface area (Å²) in [4.78, 5) is 26.6. The summed E-state index contributed by atoms with van der Waals surface area (Å²) in [6.45, 7) is 2.81. The van der Waals surface area contributed by atoms with Crippen molar-refractivity contribution in [1.82, 2.24) is 4.31 Å². The molecular weight excluding hydrogens is 418 g/mol. The minimum absolute atomic E-state index is 0.0697. The van der Waals surface area contributed by atoms with Gasteiger partial charge in [0.1, 0.15) is 5.75 Å². The van der Waals surface area contributed by atoms with Gasteiger partial charge >= 0.3 is 0 Å². The molecule has 164 valence electrons. The maximum atomic E-state index is 13.3. The molecule has 1 saturated heterocycles. The number of fused-ring (bicyclic) bond motifs is 1. The van der Waals surface area contributed by atoms with Gasteiger partial charge in [-0.2, -0.15) is 4.31 Å². The normalized spacial score (nSPS) is 19.1. The number of nitrogens with zero attached hydrogens (tertiary/aromatic N) is 2. The molecule has 0 spiro atoms. The highest BCUT2D eigenvalue weighted by Gasteiger charge is 2.35. The van der Waals surface area contributed by atoms with Crippen molar-refractivity contribution in [1.29, 1.82) is 0 Å². The Morgan fingerprint density at radius 3 is 2.74 bits per heavy atom. The van der Waals surface area contributed by atoms with Crippen LogP contribution >= 0.6 is 0 Å². The predicted molar refractivity (Wildman–Crippen MR) is 117 cm³/mol.